The maximum absolute atomic E-state index is 6.26. The standard InChI is InChI=1S/C14H22ClNO3/c1-4-17-12-10(7-8-16)9-11(15)13(18-5-2)14(12)19-6-3/h9H,4-8,16H2,1-3H3. The molecule has 2 N–H and O–H groups in total. The maximum Gasteiger partial charge on any atom is 0.205 e. The van der Waals surface area contributed by atoms with Crippen LogP contribution >= 0.6 is 11.6 Å². The molecule has 4 nitrogen and oxygen atoms in total. The van der Waals surface area contributed by atoms with Crippen LogP contribution in [0.15, 0.2) is 6.07 Å². The number of nitrogens with two attached hydrogens (primary N) is 1. The van der Waals surface area contributed by atoms with Crippen LogP contribution in [-0.2, 0) is 6.42 Å². The molecular formula is C14H22ClNO3. The lowest BCUT2D eigenvalue weighted by Gasteiger charge is -2.19. The minimum absolute atomic E-state index is 0.515. The third-order valence-corrected chi connectivity index (χ3v) is 2.78. The van der Waals surface area contributed by atoms with E-state index < -0.39 is 0 Å². The Morgan fingerprint density at radius 1 is 0.947 bits per heavy atom. The number of hydrogen-bond donors (Lipinski definition) is 1. The molecule has 0 unspecified atom stereocenters. The quantitative estimate of drug-likeness (QED) is 0.798. The average molecular weight is 288 g/mol. The Morgan fingerprint density at radius 3 is 2.00 bits per heavy atom. The Hall–Kier alpha value is -1.13. The van der Waals surface area contributed by atoms with E-state index in [1.165, 1.54) is 0 Å². The van der Waals surface area contributed by atoms with E-state index in [-0.39, 0.29) is 0 Å². The molecule has 0 amide bonds. The van der Waals surface area contributed by atoms with Gasteiger partial charge in [-0.2, -0.15) is 0 Å². The van der Waals surface area contributed by atoms with Crippen molar-refractivity contribution in [3.63, 3.8) is 0 Å². The lowest BCUT2D eigenvalue weighted by atomic mass is 10.1. The van der Waals surface area contributed by atoms with E-state index in [2.05, 4.69) is 0 Å². The minimum Gasteiger partial charge on any atom is -0.490 e. The van der Waals surface area contributed by atoms with Gasteiger partial charge >= 0.3 is 0 Å². The van der Waals surface area contributed by atoms with Gasteiger partial charge in [-0.3, -0.25) is 0 Å². The highest BCUT2D eigenvalue weighted by Gasteiger charge is 2.20. The zero-order chi connectivity index (χ0) is 14.3. The van der Waals surface area contributed by atoms with Crippen LogP contribution in [0.25, 0.3) is 0 Å². The van der Waals surface area contributed by atoms with E-state index in [0.29, 0.717) is 55.1 Å². The predicted octanol–water partition coefficient (Wildman–Crippen LogP) is 3.04. The summed E-state index contributed by atoms with van der Waals surface area (Å²) in [7, 11) is 0. The monoisotopic (exact) mass is 287 g/mol. The molecule has 1 rings (SSSR count). The number of ether oxygens (including phenoxy) is 3. The van der Waals surface area contributed by atoms with Crippen LogP contribution in [-0.4, -0.2) is 26.4 Å². The lowest BCUT2D eigenvalue weighted by molar-refractivity contribution is 0.259. The van der Waals surface area contributed by atoms with Crippen LogP contribution in [0.5, 0.6) is 17.2 Å². The van der Waals surface area contributed by atoms with Crippen LogP contribution in [0, 0.1) is 0 Å². The summed E-state index contributed by atoms with van der Waals surface area (Å²) in [5.74, 6) is 1.79. The van der Waals surface area contributed by atoms with Crippen molar-refractivity contribution < 1.29 is 14.2 Å². The number of halogens is 1. The number of rotatable bonds is 8. The van der Waals surface area contributed by atoms with Crippen molar-refractivity contribution in [2.75, 3.05) is 26.4 Å². The fourth-order valence-electron chi connectivity index (χ4n) is 1.84. The molecule has 0 aliphatic rings. The van der Waals surface area contributed by atoms with Crippen LogP contribution in [0.2, 0.25) is 5.02 Å². The molecule has 1 aromatic carbocycles. The second-order valence-corrected chi connectivity index (χ2v) is 4.25. The van der Waals surface area contributed by atoms with E-state index in [0.717, 1.165) is 5.56 Å². The Balaban J connectivity index is 3.35. The van der Waals surface area contributed by atoms with Crippen LogP contribution < -0.4 is 19.9 Å². The Labute approximate surface area is 119 Å². The van der Waals surface area contributed by atoms with Crippen molar-refractivity contribution >= 4 is 11.6 Å². The first kappa shape index (κ1) is 15.9. The van der Waals surface area contributed by atoms with Gasteiger partial charge in [-0.1, -0.05) is 11.6 Å². The summed E-state index contributed by atoms with van der Waals surface area (Å²) >= 11 is 6.26. The minimum atomic E-state index is 0.515. The first-order chi connectivity index (χ1) is 9.19. The summed E-state index contributed by atoms with van der Waals surface area (Å²) in [6.07, 6.45) is 0.682. The maximum atomic E-state index is 6.26. The topological polar surface area (TPSA) is 53.7 Å². The molecule has 0 saturated carbocycles. The van der Waals surface area contributed by atoms with E-state index in [1.807, 2.05) is 26.8 Å². The SMILES string of the molecule is CCOc1c(Cl)cc(CCN)c(OCC)c1OCC. The van der Waals surface area contributed by atoms with E-state index in [9.17, 15) is 0 Å². The van der Waals surface area contributed by atoms with Gasteiger partial charge in [-0.25, -0.2) is 0 Å². The van der Waals surface area contributed by atoms with Gasteiger partial charge in [-0.05, 0) is 39.8 Å². The van der Waals surface area contributed by atoms with Gasteiger partial charge in [0.15, 0.2) is 11.5 Å². The number of hydrogen-bond acceptors (Lipinski definition) is 4. The Morgan fingerprint density at radius 2 is 1.47 bits per heavy atom. The van der Waals surface area contributed by atoms with Gasteiger partial charge in [0, 0.05) is 5.56 Å². The van der Waals surface area contributed by atoms with E-state index >= 15 is 0 Å². The summed E-state index contributed by atoms with van der Waals surface area (Å²) in [4.78, 5) is 0. The first-order valence-electron chi connectivity index (χ1n) is 6.63. The van der Waals surface area contributed by atoms with E-state index in [4.69, 9.17) is 31.5 Å². The molecule has 0 bridgehead atoms. The van der Waals surface area contributed by atoms with Crippen molar-refractivity contribution in [2.45, 2.75) is 27.2 Å². The average Bonchev–Trinajstić information content (AvgIpc) is 2.38. The molecule has 0 aliphatic heterocycles. The summed E-state index contributed by atoms with van der Waals surface area (Å²) in [6, 6.07) is 1.84. The molecule has 0 aromatic heterocycles. The molecule has 0 atom stereocenters. The molecule has 108 valence electrons. The summed E-state index contributed by atoms with van der Waals surface area (Å²) in [6.45, 7) is 7.84. The highest BCUT2D eigenvalue weighted by Crippen LogP contribution is 2.45. The molecule has 0 aliphatic carbocycles. The molecule has 0 saturated heterocycles. The van der Waals surface area contributed by atoms with Gasteiger partial charge in [0.25, 0.3) is 0 Å². The third-order valence-electron chi connectivity index (χ3n) is 2.50. The highest BCUT2D eigenvalue weighted by atomic mass is 35.5. The molecule has 0 radical (unpaired) electrons. The smallest absolute Gasteiger partial charge is 0.205 e. The number of benzene rings is 1. The Bertz CT molecular complexity index is 410. The molecule has 0 spiro atoms. The van der Waals surface area contributed by atoms with Gasteiger partial charge < -0.3 is 19.9 Å². The molecule has 19 heavy (non-hydrogen) atoms. The van der Waals surface area contributed by atoms with Gasteiger partial charge in [0.1, 0.15) is 0 Å². The largest absolute Gasteiger partial charge is 0.490 e. The van der Waals surface area contributed by atoms with Crippen LogP contribution in [0.3, 0.4) is 0 Å². The van der Waals surface area contributed by atoms with Gasteiger partial charge in [0.2, 0.25) is 5.75 Å². The molecule has 5 heteroatoms. The van der Waals surface area contributed by atoms with Crippen LogP contribution in [0.4, 0.5) is 0 Å². The zero-order valence-electron chi connectivity index (χ0n) is 11.8. The zero-order valence-corrected chi connectivity index (χ0v) is 12.5. The second-order valence-electron chi connectivity index (χ2n) is 3.84. The van der Waals surface area contributed by atoms with Crippen molar-refractivity contribution in [1.82, 2.24) is 0 Å². The van der Waals surface area contributed by atoms with Crippen molar-refractivity contribution in [3.8, 4) is 17.2 Å². The molecule has 1 aromatic rings. The molecule has 0 fully saturated rings. The Kier molecular flexibility index (Phi) is 6.81. The van der Waals surface area contributed by atoms with Crippen molar-refractivity contribution in [1.29, 1.82) is 0 Å². The normalized spacial score (nSPS) is 10.4. The first-order valence-corrected chi connectivity index (χ1v) is 7.01. The summed E-state index contributed by atoms with van der Waals surface area (Å²) in [5.41, 5.74) is 6.57. The fraction of sp³-hybridized carbons (Fsp3) is 0.571. The van der Waals surface area contributed by atoms with Crippen molar-refractivity contribution in [2.24, 2.45) is 5.73 Å². The lowest BCUT2D eigenvalue weighted by Crippen LogP contribution is -2.09. The van der Waals surface area contributed by atoms with Crippen LogP contribution in [0.1, 0.15) is 26.3 Å². The third kappa shape index (κ3) is 3.91. The van der Waals surface area contributed by atoms with E-state index in [1.54, 1.807) is 0 Å². The van der Waals surface area contributed by atoms with Gasteiger partial charge in [0.05, 0.1) is 24.8 Å². The second kappa shape index (κ2) is 8.12. The predicted molar refractivity (Wildman–Crippen MR) is 77.7 cm³/mol. The summed E-state index contributed by atoms with van der Waals surface area (Å²) < 4.78 is 16.9. The van der Waals surface area contributed by atoms with Gasteiger partial charge in [-0.15, -0.1) is 0 Å². The highest BCUT2D eigenvalue weighted by molar-refractivity contribution is 6.32. The fourth-order valence-corrected chi connectivity index (χ4v) is 2.11. The van der Waals surface area contributed by atoms with Crippen molar-refractivity contribution in [3.05, 3.63) is 16.7 Å². The molecule has 0 heterocycles. The summed E-state index contributed by atoms with van der Waals surface area (Å²) in [5, 5.41) is 0.525. The molecular weight excluding hydrogens is 266 g/mol.